The summed E-state index contributed by atoms with van der Waals surface area (Å²) in [4.78, 5) is 14.8. The third-order valence-electron chi connectivity index (χ3n) is 2.29. The Hall–Kier alpha value is -1.26. The van der Waals surface area contributed by atoms with Gasteiger partial charge in [-0.3, -0.25) is 9.79 Å². The molecule has 0 saturated carbocycles. The van der Waals surface area contributed by atoms with Crippen LogP contribution in [0.5, 0.6) is 0 Å². The van der Waals surface area contributed by atoms with Crippen LogP contribution < -0.4 is 10.6 Å². The number of aliphatic imine (C=N–C) groups is 1. The van der Waals surface area contributed by atoms with E-state index in [0.29, 0.717) is 6.42 Å². The van der Waals surface area contributed by atoms with Gasteiger partial charge in [0, 0.05) is 27.1 Å². The van der Waals surface area contributed by atoms with Crippen LogP contribution in [0.25, 0.3) is 0 Å². The number of esters is 1. The first-order chi connectivity index (χ1) is 7.74. The number of nitrogens with one attached hydrogen (secondary N) is 2. The molecule has 0 bridgehead atoms. The van der Waals surface area contributed by atoms with Crippen molar-refractivity contribution in [1.82, 2.24) is 10.6 Å². The predicted octanol–water partition coefficient (Wildman–Crippen LogP) is 0.905. The van der Waals surface area contributed by atoms with Crippen LogP contribution >= 0.6 is 0 Å². The van der Waals surface area contributed by atoms with Crippen molar-refractivity contribution in [1.29, 1.82) is 0 Å². The summed E-state index contributed by atoms with van der Waals surface area (Å²) in [6, 6.07) is 0. The molecule has 0 heterocycles. The maximum atomic E-state index is 10.8. The van der Waals surface area contributed by atoms with Crippen molar-refractivity contribution in [2.45, 2.75) is 32.1 Å². The fourth-order valence-corrected chi connectivity index (χ4v) is 1.34. The van der Waals surface area contributed by atoms with Gasteiger partial charge in [0.1, 0.15) is 0 Å². The zero-order valence-corrected chi connectivity index (χ0v) is 10.5. The minimum absolute atomic E-state index is 0.117. The molecule has 0 saturated heterocycles. The number of carbonyl (C=O) groups is 1. The number of unbranched alkanes of at least 4 members (excludes halogenated alkanes) is 3. The molecule has 5 nitrogen and oxygen atoms in total. The molecular formula is C11H23N3O2. The van der Waals surface area contributed by atoms with Crippen molar-refractivity contribution >= 4 is 11.9 Å². The summed E-state index contributed by atoms with van der Waals surface area (Å²) >= 11 is 0. The first-order valence-corrected chi connectivity index (χ1v) is 5.69. The van der Waals surface area contributed by atoms with E-state index < -0.39 is 0 Å². The minimum atomic E-state index is -0.117. The van der Waals surface area contributed by atoms with Crippen LogP contribution in [-0.2, 0) is 9.53 Å². The minimum Gasteiger partial charge on any atom is -0.469 e. The van der Waals surface area contributed by atoms with Gasteiger partial charge in [-0.25, -0.2) is 0 Å². The Labute approximate surface area is 97.7 Å². The van der Waals surface area contributed by atoms with E-state index >= 15 is 0 Å². The van der Waals surface area contributed by atoms with E-state index in [1.807, 2.05) is 7.05 Å². The molecule has 0 aromatic rings. The Kier molecular flexibility index (Phi) is 9.46. The van der Waals surface area contributed by atoms with Crippen molar-refractivity contribution in [2.24, 2.45) is 4.99 Å². The van der Waals surface area contributed by atoms with Crippen molar-refractivity contribution in [2.75, 3.05) is 27.7 Å². The summed E-state index contributed by atoms with van der Waals surface area (Å²) in [5.74, 6) is 0.697. The first kappa shape index (κ1) is 14.7. The van der Waals surface area contributed by atoms with Gasteiger partial charge in [0.05, 0.1) is 7.11 Å². The maximum Gasteiger partial charge on any atom is 0.305 e. The summed E-state index contributed by atoms with van der Waals surface area (Å²) in [6.07, 6.45) is 4.71. The molecule has 0 unspecified atom stereocenters. The lowest BCUT2D eigenvalue weighted by Crippen LogP contribution is -2.35. The van der Waals surface area contributed by atoms with Gasteiger partial charge in [-0.15, -0.1) is 0 Å². The Morgan fingerprint density at radius 2 is 1.94 bits per heavy atom. The van der Waals surface area contributed by atoms with E-state index in [1.54, 1.807) is 7.05 Å². The number of nitrogens with zero attached hydrogens (tertiary/aromatic N) is 1. The monoisotopic (exact) mass is 229 g/mol. The normalized spacial score (nSPS) is 11.1. The molecule has 2 N–H and O–H groups in total. The molecule has 0 spiro atoms. The zero-order chi connectivity index (χ0) is 12.2. The number of rotatable bonds is 7. The molecule has 0 fully saturated rings. The molecule has 0 atom stereocenters. The number of hydrogen-bond donors (Lipinski definition) is 2. The molecule has 0 aliphatic heterocycles. The van der Waals surface area contributed by atoms with E-state index in [4.69, 9.17) is 0 Å². The van der Waals surface area contributed by atoms with Crippen molar-refractivity contribution < 1.29 is 9.53 Å². The highest BCUT2D eigenvalue weighted by Crippen LogP contribution is 2.02. The maximum absolute atomic E-state index is 10.8. The van der Waals surface area contributed by atoms with Crippen LogP contribution in [0.4, 0.5) is 0 Å². The van der Waals surface area contributed by atoms with Crippen LogP contribution in [-0.4, -0.2) is 39.7 Å². The SMILES string of the molecule is CN=C(NC)NCCCCCCC(=O)OC. The van der Waals surface area contributed by atoms with E-state index in [1.165, 1.54) is 7.11 Å². The van der Waals surface area contributed by atoms with Crippen LogP contribution in [0, 0.1) is 0 Å². The number of carbonyl (C=O) groups excluding carboxylic acids is 1. The van der Waals surface area contributed by atoms with Crippen LogP contribution in [0.15, 0.2) is 4.99 Å². The average Bonchev–Trinajstić information content (AvgIpc) is 2.32. The molecule has 0 aromatic heterocycles. The lowest BCUT2D eigenvalue weighted by Gasteiger charge is -2.07. The third kappa shape index (κ3) is 8.08. The highest BCUT2D eigenvalue weighted by molar-refractivity contribution is 5.79. The fourth-order valence-electron chi connectivity index (χ4n) is 1.34. The van der Waals surface area contributed by atoms with Gasteiger partial charge >= 0.3 is 5.97 Å². The zero-order valence-electron chi connectivity index (χ0n) is 10.5. The van der Waals surface area contributed by atoms with Crippen molar-refractivity contribution in [3.63, 3.8) is 0 Å². The van der Waals surface area contributed by atoms with Gasteiger partial charge in [-0.1, -0.05) is 12.8 Å². The lowest BCUT2D eigenvalue weighted by atomic mass is 10.1. The van der Waals surface area contributed by atoms with Gasteiger partial charge in [-0.05, 0) is 12.8 Å². The Balaban J connectivity index is 3.25. The standard InChI is InChI=1S/C11H23N3O2/c1-12-11(13-2)14-9-7-5-4-6-8-10(15)16-3/h4-9H2,1-3H3,(H2,12,13,14). The topological polar surface area (TPSA) is 62.7 Å². The summed E-state index contributed by atoms with van der Waals surface area (Å²) in [6.45, 7) is 0.908. The summed E-state index contributed by atoms with van der Waals surface area (Å²) < 4.78 is 4.56. The van der Waals surface area contributed by atoms with E-state index in [0.717, 1.165) is 38.2 Å². The largest absolute Gasteiger partial charge is 0.469 e. The van der Waals surface area contributed by atoms with E-state index in [2.05, 4.69) is 20.4 Å². The first-order valence-electron chi connectivity index (χ1n) is 5.69. The Morgan fingerprint density at radius 1 is 1.25 bits per heavy atom. The molecule has 0 aliphatic carbocycles. The number of hydrogen-bond acceptors (Lipinski definition) is 3. The molecule has 0 aromatic carbocycles. The average molecular weight is 229 g/mol. The highest BCUT2D eigenvalue weighted by Gasteiger charge is 1.99. The Bertz CT molecular complexity index is 217. The number of ether oxygens (including phenoxy) is 1. The van der Waals surface area contributed by atoms with Gasteiger partial charge in [0.2, 0.25) is 0 Å². The lowest BCUT2D eigenvalue weighted by molar-refractivity contribution is -0.140. The molecular weight excluding hydrogens is 206 g/mol. The molecule has 0 aliphatic rings. The van der Waals surface area contributed by atoms with Crippen molar-refractivity contribution in [3.8, 4) is 0 Å². The van der Waals surface area contributed by atoms with Gasteiger partial charge in [0.15, 0.2) is 5.96 Å². The quantitative estimate of drug-likeness (QED) is 0.295. The second kappa shape index (κ2) is 10.3. The van der Waals surface area contributed by atoms with Crippen LogP contribution in [0.3, 0.4) is 0 Å². The molecule has 0 amide bonds. The van der Waals surface area contributed by atoms with Crippen LogP contribution in [0.2, 0.25) is 0 Å². The summed E-state index contributed by atoms with van der Waals surface area (Å²) in [5.41, 5.74) is 0. The molecule has 16 heavy (non-hydrogen) atoms. The van der Waals surface area contributed by atoms with Crippen molar-refractivity contribution in [3.05, 3.63) is 0 Å². The number of methoxy groups -OCH3 is 1. The smallest absolute Gasteiger partial charge is 0.305 e. The third-order valence-corrected chi connectivity index (χ3v) is 2.29. The molecule has 94 valence electrons. The molecule has 0 rings (SSSR count). The second-order valence-corrected chi connectivity index (χ2v) is 3.49. The molecule has 5 heteroatoms. The highest BCUT2D eigenvalue weighted by atomic mass is 16.5. The predicted molar refractivity (Wildman–Crippen MR) is 65.5 cm³/mol. The van der Waals surface area contributed by atoms with Gasteiger partial charge in [-0.2, -0.15) is 0 Å². The second-order valence-electron chi connectivity index (χ2n) is 3.49. The van der Waals surface area contributed by atoms with E-state index in [9.17, 15) is 4.79 Å². The Morgan fingerprint density at radius 3 is 2.50 bits per heavy atom. The van der Waals surface area contributed by atoms with E-state index in [-0.39, 0.29) is 5.97 Å². The van der Waals surface area contributed by atoms with Gasteiger partial charge in [0.25, 0.3) is 0 Å². The number of guanidine groups is 1. The fraction of sp³-hybridized carbons (Fsp3) is 0.818. The molecule has 0 radical (unpaired) electrons. The van der Waals surface area contributed by atoms with Crippen LogP contribution in [0.1, 0.15) is 32.1 Å². The van der Waals surface area contributed by atoms with Gasteiger partial charge < -0.3 is 15.4 Å². The summed E-state index contributed by atoms with van der Waals surface area (Å²) in [5, 5.41) is 6.13. The summed E-state index contributed by atoms with van der Waals surface area (Å²) in [7, 11) is 5.01.